The molecule has 2 heterocycles. The summed E-state index contributed by atoms with van der Waals surface area (Å²) in [5.41, 5.74) is 11.3. The third kappa shape index (κ3) is 5.76. The normalized spacial score (nSPS) is 11.8. The second kappa shape index (κ2) is 11.6. The van der Waals surface area contributed by atoms with Gasteiger partial charge in [-0.25, -0.2) is 4.98 Å². The van der Waals surface area contributed by atoms with Crippen LogP contribution in [0.4, 0.5) is 11.5 Å². The van der Waals surface area contributed by atoms with Crippen molar-refractivity contribution in [2.75, 3.05) is 32.6 Å². The Labute approximate surface area is 196 Å². The van der Waals surface area contributed by atoms with Crippen LogP contribution in [-0.4, -0.2) is 42.8 Å². The van der Waals surface area contributed by atoms with Crippen LogP contribution >= 0.6 is 0 Å². The summed E-state index contributed by atoms with van der Waals surface area (Å²) in [4.78, 5) is 11.4. The fraction of sp³-hybridized carbons (Fsp3) is 0.308. The monoisotopic (exact) mass is 447 g/mol. The van der Waals surface area contributed by atoms with Crippen LogP contribution in [0.1, 0.15) is 35.8 Å². The van der Waals surface area contributed by atoms with E-state index in [-0.39, 0.29) is 12.6 Å². The molecule has 1 atom stereocenters. The molecule has 1 aromatic carbocycles. The van der Waals surface area contributed by atoms with Crippen LogP contribution in [0.15, 0.2) is 55.1 Å². The van der Waals surface area contributed by atoms with Crippen molar-refractivity contribution in [3.63, 3.8) is 0 Å². The van der Waals surface area contributed by atoms with E-state index in [2.05, 4.69) is 16.9 Å². The molecular formula is C26H33N5O2. The van der Waals surface area contributed by atoms with Crippen molar-refractivity contribution in [2.45, 2.75) is 25.5 Å². The number of hydrogen-bond acceptors (Lipinski definition) is 7. The number of rotatable bonds is 11. The molecular weight excluding hydrogens is 414 g/mol. The number of aliphatic hydroxyl groups excluding tert-OH is 1. The summed E-state index contributed by atoms with van der Waals surface area (Å²) in [6, 6.07) is 15.4. The minimum Gasteiger partial charge on any atom is -0.496 e. The van der Waals surface area contributed by atoms with Gasteiger partial charge in [-0.1, -0.05) is 24.8 Å². The number of ether oxygens (including phenoxy) is 1. The number of methoxy groups -OCH3 is 1. The SMILES string of the molecule is C=Cc1c(OC)cc(-c2cccc([C@@H](N)CCCNC)n2)cc1N(C)c1cccc(CO)n1. The number of hydrogen-bond donors (Lipinski definition) is 3. The molecule has 0 amide bonds. The van der Waals surface area contributed by atoms with Crippen molar-refractivity contribution in [3.8, 4) is 17.0 Å². The topological polar surface area (TPSA) is 96.5 Å². The van der Waals surface area contributed by atoms with Gasteiger partial charge in [0.05, 0.1) is 36.5 Å². The number of nitrogens with one attached hydrogen (secondary N) is 1. The molecule has 3 rings (SSSR count). The molecule has 174 valence electrons. The van der Waals surface area contributed by atoms with E-state index in [0.717, 1.165) is 47.6 Å². The summed E-state index contributed by atoms with van der Waals surface area (Å²) < 4.78 is 5.70. The highest BCUT2D eigenvalue weighted by molar-refractivity contribution is 5.81. The quantitative estimate of drug-likeness (QED) is 0.382. The number of pyridine rings is 2. The minimum atomic E-state index is -0.125. The van der Waals surface area contributed by atoms with Gasteiger partial charge in [-0.05, 0) is 62.8 Å². The predicted molar refractivity (Wildman–Crippen MR) is 135 cm³/mol. The lowest BCUT2D eigenvalue weighted by atomic mass is 10.0. The smallest absolute Gasteiger partial charge is 0.133 e. The Bertz CT molecular complexity index is 1090. The van der Waals surface area contributed by atoms with Gasteiger partial charge in [-0.2, -0.15) is 0 Å². The molecule has 0 fully saturated rings. The first kappa shape index (κ1) is 24.4. The zero-order valence-corrected chi connectivity index (χ0v) is 19.6. The van der Waals surface area contributed by atoms with E-state index in [1.807, 2.05) is 61.5 Å². The molecule has 4 N–H and O–H groups in total. The van der Waals surface area contributed by atoms with Crippen LogP contribution in [0.3, 0.4) is 0 Å². The molecule has 0 bridgehead atoms. The largest absolute Gasteiger partial charge is 0.496 e. The van der Waals surface area contributed by atoms with Crippen LogP contribution in [0.2, 0.25) is 0 Å². The highest BCUT2D eigenvalue weighted by Crippen LogP contribution is 2.38. The number of aromatic nitrogens is 2. The lowest BCUT2D eigenvalue weighted by Gasteiger charge is -2.23. The molecule has 7 heteroatoms. The van der Waals surface area contributed by atoms with Crippen molar-refractivity contribution in [2.24, 2.45) is 5.73 Å². The zero-order valence-electron chi connectivity index (χ0n) is 19.6. The molecule has 0 aliphatic carbocycles. The molecule has 0 saturated heterocycles. The molecule has 0 spiro atoms. The maximum Gasteiger partial charge on any atom is 0.133 e. The van der Waals surface area contributed by atoms with Crippen molar-refractivity contribution in [1.82, 2.24) is 15.3 Å². The second-order valence-corrected chi connectivity index (χ2v) is 7.82. The third-order valence-electron chi connectivity index (χ3n) is 5.59. The Morgan fingerprint density at radius 1 is 1.21 bits per heavy atom. The first-order valence-corrected chi connectivity index (χ1v) is 11.0. The molecule has 0 radical (unpaired) electrons. The minimum absolute atomic E-state index is 0.120. The van der Waals surface area contributed by atoms with Crippen LogP contribution in [0, 0.1) is 0 Å². The average molecular weight is 448 g/mol. The van der Waals surface area contributed by atoms with Crippen LogP contribution < -0.4 is 20.7 Å². The van der Waals surface area contributed by atoms with Crippen molar-refractivity contribution >= 4 is 17.6 Å². The van der Waals surface area contributed by atoms with Gasteiger partial charge in [0.2, 0.25) is 0 Å². The van der Waals surface area contributed by atoms with Gasteiger partial charge < -0.3 is 25.8 Å². The zero-order chi connectivity index (χ0) is 23.8. The Kier molecular flexibility index (Phi) is 8.54. The number of anilines is 2. The Morgan fingerprint density at radius 2 is 2.00 bits per heavy atom. The third-order valence-corrected chi connectivity index (χ3v) is 5.59. The van der Waals surface area contributed by atoms with Crippen LogP contribution in [0.25, 0.3) is 17.3 Å². The first-order valence-electron chi connectivity index (χ1n) is 11.0. The van der Waals surface area contributed by atoms with E-state index < -0.39 is 0 Å². The lowest BCUT2D eigenvalue weighted by Crippen LogP contribution is -2.16. The first-order chi connectivity index (χ1) is 16.0. The molecule has 0 aliphatic rings. The van der Waals surface area contributed by atoms with Crippen molar-refractivity contribution in [1.29, 1.82) is 0 Å². The number of nitrogens with two attached hydrogens (primary N) is 1. The second-order valence-electron chi connectivity index (χ2n) is 7.82. The van der Waals surface area contributed by atoms with Gasteiger partial charge >= 0.3 is 0 Å². The van der Waals surface area contributed by atoms with E-state index in [1.165, 1.54) is 0 Å². The number of nitrogens with zero attached hydrogens (tertiary/aromatic N) is 3. The van der Waals surface area contributed by atoms with E-state index in [9.17, 15) is 5.11 Å². The summed E-state index contributed by atoms with van der Waals surface area (Å²) >= 11 is 0. The van der Waals surface area contributed by atoms with Crippen molar-refractivity contribution < 1.29 is 9.84 Å². The Hall–Kier alpha value is -3.26. The molecule has 7 nitrogen and oxygen atoms in total. The maximum absolute atomic E-state index is 9.49. The fourth-order valence-electron chi connectivity index (χ4n) is 3.74. The number of benzene rings is 1. The van der Waals surface area contributed by atoms with Crippen LogP contribution in [0.5, 0.6) is 5.75 Å². The van der Waals surface area contributed by atoms with Crippen LogP contribution in [-0.2, 0) is 6.61 Å². The highest BCUT2D eigenvalue weighted by atomic mass is 16.5. The fourth-order valence-corrected chi connectivity index (χ4v) is 3.74. The van der Waals surface area contributed by atoms with Gasteiger partial charge in [0.15, 0.2) is 0 Å². The van der Waals surface area contributed by atoms with Gasteiger partial charge in [0.25, 0.3) is 0 Å². The van der Waals surface area contributed by atoms with Crippen molar-refractivity contribution in [3.05, 3.63) is 72.1 Å². The van der Waals surface area contributed by atoms with E-state index >= 15 is 0 Å². The molecule has 33 heavy (non-hydrogen) atoms. The summed E-state index contributed by atoms with van der Waals surface area (Å²) in [5.74, 6) is 1.39. The molecule has 0 aliphatic heterocycles. The molecule has 0 saturated carbocycles. The standard InChI is InChI=1S/C26H33N5O2/c1-5-20-24(31(3)26-13-6-9-19(17-32)29-26)15-18(16-25(20)33-4)22-11-7-12-23(30-22)21(27)10-8-14-28-2/h5-7,9,11-13,15-16,21,28,32H,1,8,10,14,17,27H2,2-4H3/t21-/m0/s1. The van der Waals surface area contributed by atoms with E-state index in [0.29, 0.717) is 17.3 Å². The van der Waals surface area contributed by atoms with Gasteiger partial charge in [-0.15, -0.1) is 0 Å². The summed E-state index contributed by atoms with van der Waals surface area (Å²) in [5, 5.41) is 12.6. The summed E-state index contributed by atoms with van der Waals surface area (Å²) in [7, 11) is 5.51. The maximum atomic E-state index is 9.49. The highest BCUT2D eigenvalue weighted by Gasteiger charge is 2.17. The molecule has 2 aromatic heterocycles. The summed E-state index contributed by atoms with van der Waals surface area (Å²) in [6.07, 6.45) is 3.61. The predicted octanol–water partition coefficient (Wildman–Crippen LogP) is 4.05. The van der Waals surface area contributed by atoms with Gasteiger partial charge in [0, 0.05) is 24.2 Å². The Morgan fingerprint density at radius 3 is 2.70 bits per heavy atom. The molecule has 3 aromatic rings. The van der Waals surface area contributed by atoms with E-state index in [1.54, 1.807) is 19.3 Å². The number of aliphatic hydroxyl groups is 1. The van der Waals surface area contributed by atoms with Gasteiger partial charge in [0.1, 0.15) is 11.6 Å². The van der Waals surface area contributed by atoms with Gasteiger partial charge in [-0.3, -0.25) is 4.98 Å². The Balaban J connectivity index is 2.04. The summed E-state index contributed by atoms with van der Waals surface area (Å²) in [6.45, 7) is 4.79. The van der Waals surface area contributed by atoms with E-state index in [4.69, 9.17) is 15.5 Å². The lowest BCUT2D eigenvalue weighted by molar-refractivity contribution is 0.277. The average Bonchev–Trinajstić information content (AvgIpc) is 2.87. The molecule has 0 unspecified atom stereocenters.